The zero-order valence-electron chi connectivity index (χ0n) is 20.9. The van der Waals surface area contributed by atoms with Crippen molar-refractivity contribution < 1.29 is 23.8 Å². The van der Waals surface area contributed by atoms with Crippen molar-refractivity contribution >= 4 is 23.6 Å². The molecule has 2 aromatic carbocycles. The van der Waals surface area contributed by atoms with Gasteiger partial charge in [-0.2, -0.15) is 5.10 Å². The summed E-state index contributed by atoms with van der Waals surface area (Å²) in [4.78, 5) is 31.5. The van der Waals surface area contributed by atoms with Gasteiger partial charge in [0.25, 0.3) is 5.91 Å². The lowest BCUT2D eigenvalue weighted by molar-refractivity contribution is -0.132. The normalized spacial score (nSPS) is 16.4. The number of nitrogens with zero attached hydrogens (tertiary/aromatic N) is 4. The molecule has 0 aliphatic carbocycles. The topological polar surface area (TPSA) is 97.0 Å². The second-order valence-corrected chi connectivity index (χ2v) is 9.53. The highest BCUT2D eigenvalue weighted by molar-refractivity contribution is 5.94. The van der Waals surface area contributed by atoms with E-state index < -0.39 is 11.8 Å². The van der Waals surface area contributed by atoms with Gasteiger partial charge in [-0.1, -0.05) is 31.2 Å². The summed E-state index contributed by atoms with van der Waals surface area (Å²) in [6, 6.07) is 13.0. The zero-order chi connectivity index (χ0) is 26.6. The summed E-state index contributed by atoms with van der Waals surface area (Å²) >= 11 is 0. The average Bonchev–Trinajstić information content (AvgIpc) is 3.36. The zero-order valence-corrected chi connectivity index (χ0v) is 20.9. The largest absolute Gasteiger partial charge is 0.488 e. The minimum atomic E-state index is -1.16. The quantitative estimate of drug-likeness (QED) is 0.425. The highest BCUT2D eigenvalue weighted by Gasteiger charge is 2.30. The second-order valence-electron chi connectivity index (χ2n) is 9.53. The third-order valence-electron chi connectivity index (χ3n) is 7.35. The van der Waals surface area contributed by atoms with Gasteiger partial charge in [-0.15, -0.1) is 0 Å². The molecular formula is C29H25FN4O4. The number of halogens is 1. The number of ether oxygens (including phenoxy) is 1. The van der Waals surface area contributed by atoms with Gasteiger partial charge in [0.2, 0.25) is 0 Å². The van der Waals surface area contributed by atoms with Crippen LogP contribution in [0, 0.1) is 5.82 Å². The molecule has 2 aliphatic rings. The molecule has 1 N–H and O–H groups in total. The van der Waals surface area contributed by atoms with E-state index in [0.29, 0.717) is 30.0 Å². The van der Waals surface area contributed by atoms with E-state index in [-0.39, 0.29) is 41.0 Å². The molecule has 0 radical (unpaired) electrons. The first-order chi connectivity index (χ1) is 18.4. The predicted molar refractivity (Wildman–Crippen MR) is 138 cm³/mol. The Morgan fingerprint density at radius 1 is 1.21 bits per heavy atom. The van der Waals surface area contributed by atoms with Gasteiger partial charge in [0, 0.05) is 12.1 Å². The summed E-state index contributed by atoms with van der Waals surface area (Å²) in [6.07, 6.45) is 4.27. The number of aryl methyl sites for hydroxylation is 1. The molecule has 9 heteroatoms. The highest BCUT2D eigenvalue weighted by Crippen LogP contribution is 2.35. The number of benzene rings is 2. The van der Waals surface area contributed by atoms with Crippen LogP contribution >= 0.6 is 0 Å². The molecule has 1 amide bonds. The van der Waals surface area contributed by atoms with Crippen LogP contribution in [-0.2, 0) is 17.6 Å². The number of hydrogen-bond donors (Lipinski definition) is 1. The van der Waals surface area contributed by atoms with E-state index in [1.807, 2.05) is 30.9 Å². The average molecular weight is 513 g/mol. The van der Waals surface area contributed by atoms with Gasteiger partial charge in [-0.25, -0.2) is 18.7 Å². The summed E-state index contributed by atoms with van der Waals surface area (Å²) in [7, 11) is 0. The van der Waals surface area contributed by atoms with Crippen molar-refractivity contribution in [1.29, 1.82) is 0 Å². The van der Waals surface area contributed by atoms with Gasteiger partial charge < -0.3 is 14.7 Å². The first-order valence-corrected chi connectivity index (χ1v) is 12.5. The Kier molecular flexibility index (Phi) is 5.71. The maximum atomic E-state index is 15.6. The molecule has 4 aromatic rings. The number of hydrogen-bond acceptors (Lipinski definition) is 5. The Bertz CT molecular complexity index is 1660. The monoisotopic (exact) mass is 512 g/mol. The van der Waals surface area contributed by atoms with Crippen LogP contribution in [0.1, 0.15) is 52.6 Å². The molecule has 2 aromatic heterocycles. The number of imidazole rings is 1. The Morgan fingerprint density at radius 2 is 2.03 bits per heavy atom. The smallest absolute Gasteiger partial charge is 0.335 e. The number of rotatable bonds is 4. The fourth-order valence-electron chi connectivity index (χ4n) is 5.26. The van der Waals surface area contributed by atoms with Crippen LogP contribution in [0.25, 0.3) is 23.0 Å². The van der Waals surface area contributed by atoms with Crippen LogP contribution < -0.4 is 4.74 Å². The molecule has 8 nitrogen and oxygen atoms in total. The molecule has 0 saturated heterocycles. The molecule has 38 heavy (non-hydrogen) atoms. The van der Waals surface area contributed by atoms with Gasteiger partial charge >= 0.3 is 5.97 Å². The number of fused-ring (bicyclic) bond motifs is 3. The predicted octanol–water partition coefficient (Wildman–Crippen LogP) is 4.72. The van der Waals surface area contributed by atoms with Crippen molar-refractivity contribution in [2.24, 2.45) is 0 Å². The molecule has 0 fully saturated rings. The van der Waals surface area contributed by atoms with Gasteiger partial charge in [0.15, 0.2) is 5.65 Å². The van der Waals surface area contributed by atoms with E-state index in [4.69, 9.17) is 4.74 Å². The van der Waals surface area contributed by atoms with E-state index in [9.17, 15) is 14.7 Å². The van der Waals surface area contributed by atoms with E-state index in [0.717, 1.165) is 17.5 Å². The minimum Gasteiger partial charge on any atom is -0.488 e. The molecule has 4 heterocycles. The molecule has 0 spiro atoms. The van der Waals surface area contributed by atoms with Crippen LogP contribution in [0.5, 0.6) is 5.75 Å². The third-order valence-corrected chi connectivity index (χ3v) is 7.35. The summed E-state index contributed by atoms with van der Waals surface area (Å²) in [6.45, 7) is 4.46. The molecule has 2 aliphatic heterocycles. The molecule has 0 saturated carbocycles. The van der Waals surface area contributed by atoms with Crippen LogP contribution in [0.15, 0.2) is 54.2 Å². The van der Waals surface area contributed by atoms with E-state index in [1.165, 1.54) is 16.2 Å². The Labute approximate surface area is 218 Å². The summed E-state index contributed by atoms with van der Waals surface area (Å²) in [5.41, 5.74) is 4.60. The van der Waals surface area contributed by atoms with Crippen molar-refractivity contribution in [2.75, 3.05) is 13.2 Å². The number of amides is 1. The first-order valence-electron chi connectivity index (χ1n) is 12.5. The standard InChI is InChI=1S/C29H25FN4O4/c1-3-17-13-23(28(35)33-11-10-18-6-4-5-7-20(18)16(33)2)32-34-14-24(31-27(17)34)21-8-9-25-22(26(21)30)12-19(15-38-25)29(36)37/h4-9,12-14,16H,3,10-11,15H2,1-2H3,(H,36,37)/t16-/m1/s1. The number of aliphatic carboxylic acids is 1. The Morgan fingerprint density at radius 3 is 2.82 bits per heavy atom. The Balaban J connectivity index is 1.39. The van der Waals surface area contributed by atoms with E-state index >= 15 is 4.39 Å². The fourth-order valence-corrected chi connectivity index (χ4v) is 5.26. The molecule has 0 unspecified atom stereocenters. The van der Waals surface area contributed by atoms with Crippen molar-refractivity contribution in [1.82, 2.24) is 19.5 Å². The third kappa shape index (κ3) is 3.82. The summed E-state index contributed by atoms with van der Waals surface area (Å²) < 4.78 is 22.5. The van der Waals surface area contributed by atoms with Crippen molar-refractivity contribution in [3.05, 3.63) is 88.0 Å². The Hall–Kier alpha value is -4.53. The van der Waals surface area contributed by atoms with Crippen molar-refractivity contribution in [3.8, 4) is 17.0 Å². The van der Waals surface area contributed by atoms with Crippen molar-refractivity contribution in [3.63, 3.8) is 0 Å². The number of aromatic nitrogens is 3. The molecule has 1 atom stereocenters. The van der Waals surface area contributed by atoms with E-state index in [2.05, 4.69) is 22.2 Å². The lowest BCUT2D eigenvalue weighted by Crippen LogP contribution is -2.39. The molecule has 0 bridgehead atoms. The highest BCUT2D eigenvalue weighted by atomic mass is 19.1. The lowest BCUT2D eigenvalue weighted by atomic mass is 9.93. The first kappa shape index (κ1) is 23.8. The minimum absolute atomic E-state index is 0.0313. The summed E-state index contributed by atoms with van der Waals surface area (Å²) in [5.74, 6) is -1.67. The van der Waals surface area contributed by atoms with Gasteiger partial charge in [0.1, 0.15) is 23.9 Å². The van der Waals surface area contributed by atoms with Crippen molar-refractivity contribution in [2.45, 2.75) is 32.7 Å². The number of carboxylic acids is 1. The molecular weight excluding hydrogens is 487 g/mol. The number of carboxylic acid groups (broad SMARTS) is 1. The number of carbonyl (C=O) groups is 2. The van der Waals surface area contributed by atoms with Crippen LogP contribution in [0.4, 0.5) is 4.39 Å². The van der Waals surface area contributed by atoms with Crippen LogP contribution in [0.3, 0.4) is 0 Å². The lowest BCUT2D eigenvalue weighted by Gasteiger charge is -2.35. The maximum absolute atomic E-state index is 15.6. The SMILES string of the molecule is CCc1cc(C(=O)N2CCc3ccccc3[C@H]2C)nn2cc(-c3ccc4c(c3F)C=C(C(=O)O)CO4)nc12. The van der Waals surface area contributed by atoms with Gasteiger partial charge in [-0.05, 0) is 60.7 Å². The molecule has 6 rings (SSSR count). The fraction of sp³-hybridized carbons (Fsp3) is 0.241. The second kappa shape index (κ2) is 9.09. The van der Waals surface area contributed by atoms with E-state index in [1.54, 1.807) is 24.4 Å². The molecule has 192 valence electrons. The maximum Gasteiger partial charge on any atom is 0.335 e. The number of carbonyl (C=O) groups excluding carboxylic acids is 1. The summed E-state index contributed by atoms with van der Waals surface area (Å²) in [5, 5.41) is 13.9. The van der Waals surface area contributed by atoms with Gasteiger partial charge in [-0.3, -0.25) is 4.79 Å². The van der Waals surface area contributed by atoms with Crippen LogP contribution in [-0.4, -0.2) is 49.6 Å². The van der Waals surface area contributed by atoms with Gasteiger partial charge in [0.05, 0.1) is 29.1 Å². The van der Waals surface area contributed by atoms with Crippen LogP contribution in [0.2, 0.25) is 0 Å².